The first-order chi connectivity index (χ1) is 8.81. The van der Waals surface area contributed by atoms with Gasteiger partial charge in [-0.05, 0) is 37.3 Å². The SMILES string of the molecule is Cc1cc(Cl)c([N+](=O)[O-])cc1S(=O)(=O)NCC1CC1. The number of benzene rings is 1. The monoisotopic (exact) mass is 304 g/mol. The molecule has 0 amide bonds. The van der Waals surface area contributed by atoms with Gasteiger partial charge in [-0.15, -0.1) is 0 Å². The van der Waals surface area contributed by atoms with Crippen molar-refractivity contribution >= 4 is 27.3 Å². The minimum Gasteiger partial charge on any atom is -0.258 e. The first-order valence-electron chi connectivity index (χ1n) is 5.75. The van der Waals surface area contributed by atoms with Gasteiger partial charge in [-0.3, -0.25) is 10.1 Å². The second-order valence-corrected chi connectivity index (χ2v) is 6.76. The van der Waals surface area contributed by atoms with Crippen LogP contribution in [0.15, 0.2) is 17.0 Å². The highest BCUT2D eigenvalue weighted by molar-refractivity contribution is 7.89. The van der Waals surface area contributed by atoms with Crippen molar-refractivity contribution in [3.63, 3.8) is 0 Å². The molecule has 0 aliphatic heterocycles. The molecule has 8 heteroatoms. The number of aryl methyl sites for hydroxylation is 1. The Morgan fingerprint density at radius 1 is 1.47 bits per heavy atom. The zero-order valence-electron chi connectivity index (χ0n) is 10.2. The minimum absolute atomic E-state index is 0.0661. The van der Waals surface area contributed by atoms with E-state index < -0.39 is 20.6 Å². The molecule has 1 aromatic rings. The first kappa shape index (κ1) is 14.2. The van der Waals surface area contributed by atoms with Gasteiger partial charge in [-0.25, -0.2) is 13.1 Å². The Kier molecular flexibility index (Phi) is 3.80. The summed E-state index contributed by atoms with van der Waals surface area (Å²) >= 11 is 5.73. The molecule has 1 fully saturated rings. The van der Waals surface area contributed by atoms with Crippen molar-refractivity contribution in [3.8, 4) is 0 Å². The molecule has 0 spiro atoms. The van der Waals surface area contributed by atoms with E-state index in [0.29, 0.717) is 18.0 Å². The molecule has 0 atom stereocenters. The summed E-state index contributed by atoms with van der Waals surface area (Å²) in [6.07, 6.45) is 2.03. The number of nitrogens with one attached hydrogen (secondary N) is 1. The van der Waals surface area contributed by atoms with Gasteiger partial charge < -0.3 is 0 Å². The van der Waals surface area contributed by atoms with Gasteiger partial charge >= 0.3 is 0 Å². The zero-order valence-corrected chi connectivity index (χ0v) is 11.8. The molecule has 0 bridgehead atoms. The Labute approximate surface area is 116 Å². The number of nitrogens with zero attached hydrogens (tertiary/aromatic N) is 1. The summed E-state index contributed by atoms with van der Waals surface area (Å²) in [5.74, 6) is 0.386. The van der Waals surface area contributed by atoms with Crippen molar-refractivity contribution in [2.75, 3.05) is 6.54 Å². The van der Waals surface area contributed by atoms with Crippen LogP contribution in [-0.4, -0.2) is 19.9 Å². The Bertz CT molecular complexity index is 626. The van der Waals surface area contributed by atoms with Gasteiger partial charge in [0.25, 0.3) is 5.69 Å². The van der Waals surface area contributed by atoms with Crippen molar-refractivity contribution in [2.24, 2.45) is 5.92 Å². The lowest BCUT2D eigenvalue weighted by atomic mass is 10.2. The first-order valence-corrected chi connectivity index (χ1v) is 7.61. The molecule has 2 rings (SSSR count). The Balaban J connectivity index is 2.36. The van der Waals surface area contributed by atoms with E-state index in [1.165, 1.54) is 6.07 Å². The van der Waals surface area contributed by atoms with Gasteiger partial charge in [0.15, 0.2) is 0 Å². The van der Waals surface area contributed by atoms with E-state index in [0.717, 1.165) is 18.9 Å². The van der Waals surface area contributed by atoms with Gasteiger partial charge in [-0.2, -0.15) is 0 Å². The van der Waals surface area contributed by atoms with Gasteiger partial charge in [0.05, 0.1) is 9.82 Å². The maximum absolute atomic E-state index is 12.1. The maximum Gasteiger partial charge on any atom is 0.289 e. The molecule has 0 aromatic heterocycles. The summed E-state index contributed by atoms with van der Waals surface area (Å²) < 4.78 is 26.7. The lowest BCUT2D eigenvalue weighted by molar-refractivity contribution is -0.384. The van der Waals surface area contributed by atoms with E-state index in [-0.39, 0.29) is 9.92 Å². The summed E-state index contributed by atoms with van der Waals surface area (Å²) in [5.41, 5.74) is -0.0158. The van der Waals surface area contributed by atoms with Crippen LogP contribution in [0.5, 0.6) is 0 Å². The number of hydrogen-bond donors (Lipinski definition) is 1. The molecule has 1 aliphatic carbocycles. The summed E-state index contributed by atoms with van der Waals surface area (Å²) in [6, 6.07) is 2.30. The van der Waals surface area contributed by atoms with Crippen molar-refractivity contribution in [1.29, 1.82) is 0 Å². The molecule has 19 heavy (non-hydrogen) atoms. The van der Waals surface area contributed by atoms with Crippen LogP contribution < -0.4 is 4.72 Å². The second kappa shape index (κ2) is 5.07. The molecule has 1 aromatic carbocycles. The number of rotatable bonds is 5. The molecule has 0 saturated heterocycles. The zero-order chi connectivity index (χ0) is 14.2. The highest BCUT2D eigenvalue weighted by Gasteiger charge is 2.27. The summed E-state index contributed by atoms with van der Waals surface area (Å²) in [7, 11) is -3.73. The van der Waals surface area contributed by atoms with Crippen LogP contribution >= 0.6 is 11.6 Å². The number of nitro groups is 1. The fraction of sp³-hybridized carbons (Fsp3) is 0.455. The fourth-order valence-electron chi connectivity index (χ4n) is 1.70. The highest BCUT2D eigenvalue weighted by atomic mass is 35.5. The number of nitro benzene ring substituents is 1. The molecular weight excluding hydrogens is 292 g/mol. The molecular formula is C11H13ClN2O4S. The van der Waals surface area contributed by atoms with Crippen LogP contribution in [0.3, 0.4) is 0 Å². The van der Waals surface area contributed by atoms with Gasteiger partial charge in [0, 0.05) is 12.6 Å². The summed E-state index contributed by atoms with van der Waals surface area (Å²) in [5, 5.41) is 10.7. The van der Waals surface area contributed by atoms with E-state index in [1.54, 1.807) is 6.92 Å². The van der Waals surface area contributed by atoms with E-state index in [9.17, 15) is 18.5 Å². The van der Waals surface area contributed by atoms with Crippen molar-refractivity contribution in [2.45, 2.75) is 24.7 Å². The molecule has 0 heterocycles. The molecule has 6 nitrogen and oxygen atoms in total. The topological polar surface area (TPSA) is 89.3 Å². The Morgan fingerprint density at radius 2 is 2.11 bits per heavy atom. The Morgan fingerprint density at radius 3 is 2.63 bits per heavy atom. The smallest absolute Gasteiger partial charge is 0.258 e. The molecule has 1 N–H and O–H groups in total. The average Bonchev–Trinajstić information content (AvgIpc) is 3.09. The largest absolute Gasteiger partial charge is 0.289 e. The fourth-order valence-corrected chi connectivity index (χ4v) is 3.35. The lowest BCUT2D eigenvalue weighted by Crippen LogP contribution is -2.26. The van der Waals surface area contributed by atoms with E-state index in [1.807, 2.05) is 0 Å². The second-order valence-electron chi connectivity index (χ2n) is 4.62. The molecule has 104 valence electrons. The molecule has 0 unspecified atom stereocenters. The molecule has 1 saturated carbocycles. The van der Waals surface area contributed by atoms with Crippen LogP contribution in [0.4, 0.5) is 5.69 Å². The predicted octanol–water partition coefficient (Wildman–Crippen LogP) is 2.24. The van der Waals surface area contributed by atoms with E-state index in [4.69, 9.17) is 11.6 Å². The normalized spacial score (nSPS) is 15.5. The third-order valence-electron chi connectivity index (χ3n) is 2.99. The van der Waals surface area contributed by atoms with E-state index in [2.05, 4.69) is 4.72 Å². The highest BCUT2D eigenvalue weighted by Crippen LogP contribution is 2.31. The minimum atomic E-state index is -3.73. The van der Waals surface area contributed by atoms with E-state index >= 15 is 0 Å². The van der Waals surface area contributed by atoms with Crippen molar-refractivity contribution in [1.82, 2.24) is 4.72 Å². The third-order valence-corrected chi connectivity index (χ3v) is 4.86. The molecule has 1 aliphatic rings. The standard InChI is InChI=1S/C11H13ClN2O4S/c1-7-4-9(12)10(14(15)16)5-11(7)19(17,18)13-6-8-2-3-8/h4-5,8,13H,2-3,6H2,1H3. The maximum atomic E-state index is 12.1. The summed E-state index contributed by atoms with van der Waals surface area (Å²) in [4.78, 5) is 10.0. The van der Waals surface area contributed by atoms with Gasteiger partial charge in [-0.1, -0.05) is 11.6 Å². The van der Waals surface area contributed by atoms with Gasteiger partial charge in [0.1, 0.15) is 5.02 Å². The van der Waals surface area contributed by atoms with Crippen LogP contribution in [0, 0.1) is 23.0 Å². The van der Waals surface area contributed by atoms with Crippen LogP contribution in [0.25, 0.3) is 0 Å². The van der Waals surface area contributed by atoms with Crippen LogP contribution in [0.2, 0.25) is 5.02 Å². The van der Waals surface area contributed by atoms with Crippen LogP contribution in [0.1, 0.15) is 18.4 Å². The predicted molar refractivity (Wildman–Crippen MR) is 70.8 cm³/mol. The average molecular weight is 305 g/mol. The van der Waals surface area contributed by atoms with Crippen molar-refractivity contribution < 1.29 is 13.3 Å². The lowest BCUT2D eigenvalue weighted by Gasteiger charge is -2.09. The number of hydrogen-bond acceptors (Lipinski definition) is 4. The van der Waals surface area contributed by atoms with Crippen LogP contribution in [-0.2, 0) is 10.0 Å². The number of halogens is 1. The molecule has 0 radical (unpaired) electrons. The third kappa shape index (κ3) is 3.23. The number of sulfonamides is 1. The summed E-state index contributed by atoms with van der Waals surface area (Å²) in [6.45, 7) is 1.93. The Hall–Kier alpha value is -1.18. The van der Waals surface area contributed by atoms with Gasteiger partial charge in [0.2, 0.25) is 10.0 Å². The van der Waals surface area contributed by atoms with Crippen molar-refractivity contribution in [3.05, 3.63) is 32.8 Å². The quantitative estimate of drug-likeness (QED) is 0.667.